The number of thioether (sulfide) groups is 2. The van der Waals surface area contributed by atoms with Crippen LogP contribution in [0.25, 0.3) is 0 Å². The van der Waals surface area contributed by atoms with Gasteiger partial charge in [-0.25, -0.2) is 0 Å². The van der Waals surface area contributed by atoms with E-state index in [4.69, 9.17) is 0 Å². The van der Waals surface area contributed by atoms with Gasteiger partial charge in [-0.2, -0.15) is 0 Å². The van der Waals surface area contributed by atoms with Crippen LogP contribution in [0.4, 0.5) is 0 Å². The van der Waals surface area contributed by atoms with Gasteiger partial charge < -0.3 is 0 Å². The lowest BCUT2D eigenvalue weighted by atomic mass is 10.1. The second-order valence-corrected chi connectivity index (χ2v) is 12.2. The van der Waals surface area contributed by atoms with Gasteiger partial charge in [0.1, 0.15) is 0 Å². The summed E-state index contributed by atoms with van der Waals surface area (Å²) in [5.74, 6) is 1.08. The van der Waals surface area contributed by atoms with Crippen molar-refractivity contribution in [3.63, 3.8) is 0 Å². The molecular weight excluding hydrogens is 376 g/mol. The van der Waals surface area contributed by atoms with Crippen molar-refractivity contribution >= 4 is 23.5 Å². The first-order chi connectivity index (χ1) is 13.1. The third kappa shape index (κ3) is 11.9. The lowest BCUT2D eigenvalue weighted by molar-refractivity contribution is 0.917. The summed E-state index contributed by atoms with van der Waals surface area (Å²) in [6, 6.07) is 6.84. The van der Waals surface area contributed by atoms with Crippen molar-refractivity contribution in [2.75, 3.05) is 5.75 Å². The summed E-state index contributed by atoms with van der Waals surface area (Å²) in [4.78, 5) is 1.38. The predicted octanol–water partition coefficient (Wildman–Crippen LogP) is 9.28. The van der Waals surface area contributed by atoms with Gasteiger partial charge in [0.2, 0.25) is 0 Å². The number of hydrogen-bond acceptors (Lipinski definition) is 2. The molecule has 1 rings (SSSR count). The van der Waals surface area contributed by atoms with Crippen molar-refractivity contribution in [1.82, 2.24) is 0 Å². The quantitative estimate of drug-likeness (QED) is 0.200. The molecule has 2 heteroatoms. The smallest absolute Gasteiger partial charge is 0.0605 e. The zero-order chi connectivity index (χ0) is 21.2. The van der Waals surface area contributed by atoms with Crippen LogP contribution >= 0.6 is 23.5 Å². The molecule has 0 saturated carbocycles. The van der Waals surface area contributed by atoms with Crippen molar-refractivity contribution in [1.29, 1.82) is 0 Å². The minimum Gasteiger partial charge on any atom is -0.140 e. The van der Waals surface area contributed by atoms with Crippen LogP contribution in [0.1, 0.15) is 78.4 Å². The highest BCUT2D eigenvalue weighted by molar-refractivity contribution is 8.18. The molecule has 1 aromatic carbocycles. The van der Waals surface area contributed by atoms with E-state index >= 15 is 0 Å². The number of aryl methyl sites for hydroxylation is 2. The van der Waals surface area contributed by atoms with E-state index in [2.05, 4.69) is 91.8 Å². The fraction of sp³-hybridized carbons (Fsp3) is 0.538. The normalized spacial score (nSPS) is 13.0. The second kappa shape index (κ2) is 12.6. The van der Waals surface area contributed by atoms with Crippen molar-refractivity contribution < 1.29 is 0 Å². The standard InChI is InChI=1S/C26H40S2/c1-20(2)11-9-12-21(3)13-10-14-22(4)15-16-27-26(7,8)28-25-18-23(5)17-24(6)19-25/h11,13,15,17-19H,9-10,12,14,16H2,1-8H3. The summed E-state index contributed by atoms with van der Waals surface area (Å²) in [5, 5.41) is 0. The van der Waals surface area contributed by atoms with Gasteiger partial charge in [0, 0.05) is 10.6 Å². The fourth-order valence-corrected chi connectivity index (χ4v) is 5.58. The average Bonchev–Trinajstić information content (AvgIpc) is 2.52. The lowest BCUT2D eigenvalue weighted by Crippen LogP contribution is -2.09. The van der Waals surface area contributed by atoms with E-state index in [1.807, 2.05) is 23.5 Å². The van der Waals surface area contributed by atoms with E-state index in [-0.39, 0.29) is 4.08 Å². The first kappa shape index (κ1) is 25.2. The van der Waals surface area contributed by atoms with Gasteiger partial charge in [0.05, 0.1) is 4.08 Å². The number of hydrogen-bond donors (Lipinski definition) is 0. The molecule has 0 aromatic heterocycles. The maximum atomic E-state index is 2.42. The van der Waals surface area contributed by atoms with Crippen molar-refractivity contribution in [2.24, 2.45) is 0 Å². The largest absolute Gasteiger partial charge is 0.140 e. The maximum Gasteiger partial charge on any atom is 0.0605 e. The SMILES string of the molecule is CC(C)=CCCC(C)=CCCC(C)=CCSC(C)(C)Sc1cc(C)cc(C)c1. The molecule has 1 aromatic rings. The first-order valence-electron chi connectivity index (χ1n) is 10.4. The van der Waals surface area contributed by atoms with E-state index in [0.29, 0.717) is 0 Å². The highest BCUT2D eigenvalue weighted by Crippen LogP contribution is 2.41. The Morgan fingerprint density at radius 3 is 1.93 bits per heavy atom. The summed E-state index contributed by atoms with van der Waals surface area (Å²) < 4.78 is 0.179. The molecule has 0 atom stereocenters. The topological polar surface area (TPSA) is 0 Å². The Morgan fingerprint density at radius 2 is 1.36 bits per heavy atom. The Bertz CT molecular complexity index is 681. The van der Waals surface area contributed by atoms with Crippen molar-refractivity contribution in [2.45, 2.75) is 90.0 Å². The maximum absolute atomic E-state index is 2.42. The van der Waals surface area contributed by atoms with Gasteiger partial charge in [0.25, 0.3) is 0 Å². The summed E-state index contributed by atoms with van der Waals surface area (Å²) in [6.45, 7) is 17.9. The Labute approximate surface area is 183 Å². The molecule has 0 spiro atoms. The zero-order valence-corrected chi connectivity index (χ0v) is 20.9. The Balaban J connectivity index is 2.40. The van der Waals surface area contributed by atoms with Crippen LogP contribution in [0.2, 0.25) is 0 Å². The zero-order valence-electron chi connectivity index (χ0n) is 19.3. The van der Waals surface area contributed by atoms with Crippen LogP contribution in [-0.4, -0.2) is 9.83 Å². The van der Waals surface area contributed by atoms with E-state index in [1.165, 1.54) is 52.0 Å². The number of benzene rings is 1. The summed E-state index contributed by atoms with van der Waals surface area (Å²) in [7, 11) is 0. The van der Waals surface area contributed by atoms with Crippen LogP contribution in [0.15, 0.2) is 58.0 Å². The summed E-state index contributed by atoms with van der Waals surface area (Å²) in [5.41, 5.74) is 7.15. The highest BCUT2D eigenvalue weighted by atomic mass is 32.2. The van der Waals surface area contributed by atoms with Gasteiger partial charge in [-0.15, -0.1) is 23.5 Å². The first-order valence-corrected chi connectivity index (χ1v) is 12.2. The molecule has 28 heavy (non-hydrogen) atoms. The molecule has 0 saturated heterocycles. The Hall–Kier alpha value is -0.860. The average molecular weight is 417 g/mol. The van der Waals surface area contributed by atoms with Gasteiger partial charge >= 0.3 is 0 Å². The van der Waals surface area contributed by atoms with Crippen LogP contribution < -0.4 is 0 Å². The molecule has 0 unspecified atom stereocenters. The van der Waals surface area contributed by atoms with Crippen LogP contribution in [0.3, 0.4) is 0 Å². The molecule has 0 fully saturated rings. The Morgan fingerprint density at radius 1 is 0.821 bits per heavy atom. The molecule has 0 bridgehead atoms. The molecule has 0 N–H and O–H groups in total. The third-order valence-corrected chi connectivity index (χ3v) is 7.14. The van der Waals surface area contributed by atoms with E-state index < -0.39 is 0 Å². The van der Waals surface area contributed by atoms with Gasteiger partial charge in [0.15, 0.2) is 0 Å². The van der Waals surface area contributed by atoms with Gasteiger partial charge in [-0.3, -0.25) is 0 Å². The van der Waals surface area contributed by atoms with Gasteiger partial charge in [-0.05, 0) is 104 Å². The molecule has 0 amide bonds. The molecular formula is C26H40S2. The van der Waals surface area contributed by atoms with Crippen molar-refractivity contribution in [3.8, 4) is 0 Å². The molecule has 156 valence electrons. The second-order valence-electron chi connectivity index (χ2n) is 8.60. The molecule has 0 radical (unpaired) electrons. The number of rotatable bonds is 11. The molecule has 0 aliphatic rings. The summed E-state index contributed by atoms with van der Waals surface area (Å²) >= 11 is 4.01. The monoisotopic (exact) mass is 416 g/mol. The van der Waals surface area contributed by atoms with Gasteiger partial charge in [-0.1, -0.05) is 41.0 Å². The van der Waals surface area contributed by atoms with Crippen molar-refractivity contribution in [3.05, 3.63) is 64.3 Å². The predicted molar refractivity (Wildman–Crippen MR) is 134 cm³/mol. The lowest BCUT2D eigenvalue weighted by Gasteiger charge is -2.23. The summed E-state index contributed by atoms with van der Waals surface area (Å²) in [6.07, 6.45) is 11.9. The minimum absolute atomic E-state index is 0.179. The number of allylic oxidation sites excluding steroid dienone is 5. The molecule has 0 aliphatic carbocycles. The fourth-order valence-electron chi connectivity index (χ4n) is 3.03. The molecule has 0 nitrogen and oxygen atoms in total. The molecule has 0 aliphatic heterocycles. The van der Waals surface area contributed by atoms with E-state index in [0.717, 1.165) is 12.2 Å². The third-order valence-electron chi connectivity index (χ3n) is 4.54. The van der Waals surface area contributed by atoms with Crippen LogP contribution in [0.5, 0.6) is 0 Å². The van der Waals surface area contributed by atoms with E-state index in [9.17, 15) is 0 Å². The van der Waals surface area contributed by atoms with Crippen LogP contribution in [-0.2, 0) is 0 Å². The Kier molecular flexibility index (Phi) is 11.4. The molecule has 0 heterocycles. The van der Waals surface area contributed by atoms with E-state index in [1.54, 1.807) is 0 Å². The highest BCUT2D eigenvalue weighted by Gasteiger charge is 2.19. The van der Waals surface area contributed by atoms with Crippen LogP contribution in [0, 0.1) is 13.8 Å². The minimum atomic E-state index is 0.179.